The molecule has 2 aromatic heterocycles. The highest BCUT2D eigenvalue weighted by atomic mass is 32.1. The molecule has 0 aromatic carbocycles. The summed E-state index contributed by atoms with van der Waals surface area (Å²) in [6.45, 7) is 3.44. The maximum Gasteiger partial charge on any atom is 0.176 e. The quantitative estimate of drug-likeness (QED) is 0.669. The van der Waals surface area contributed by atoms with Gasteiger partial charge >= 0.3 is 0 Å². The fourth-order valence-corrected chi connectivity index (χ4v) is 2.46. The van der Waals surface area contributed by atoms with E-state index in [1.54, 1.807) is 6.07 Å². The second kappa shape index (κ2) is 2.96. The van der Waals surface area contributed by atoms with Crippen LogP contribution in [0.2, 0.25) is 0 Å². The Balaban J connectivity index is 2.91. The monoisotopic (exact) mass is 204 g/mol. The van der Waals surface area contributed by atoms with Crippen molar-refractivity contribution in [3.8, 4) is 6.07 Å². The Kier molecular flexibility index (Phi) is 1.90. The first-order valence-corrected chi connectivity index (χ1v) is 5.03. The zero-order valence-corrected chi connectivity index (χ0v) is 8.68. The Labute approximate surface area is 85.2 Å². The van der Waals surface area contributed by atoms with Gasteiger partial charge in [-0.15, -0.1) is 11.3 Å². The number of fused-ring (bicyclic) bond motifs is 1. The van der Waals surface area contributed by atoms with E-state index < -0.39 is 0 Å². The minimum atomic E-state index is -0.0111. The van der Waals surface area contributed by atoms with E-state index in [4.69, 9.17) is 5.26 Å². The first-order valence-electron chi connectivity index (χ1n) is 4.15. The Morgan fingerprint density at radius 1 is 1.64 bits per heavy atom. The highest BCUT2D eigenvalue weighted by Gasteiger charge is 2.14. The number of nitrogens with zero attached hydrogens (tertiary/aromatic N) is 2. The summed E-state index contributed by atoms with van der Waals surface area (Å²) >= 11 is 1.49. The number of Topliss-reactive ketones (excluding diaryl/α,β-unsaturated/α-hetero) is 1. The van der Waals surface area contributed by atoms with Gasteiger partial charge in [0.2, 0.25) is 0 Å². The van der Waals surface area contributed by atoms with Crippen LogP contribution in [-0.2, 0) is 0 Å². The molecule has 0 amide bonds. The van der Waals surface area contributed by atoms with Crippen LogP contribution in [0.15, 0.2) is 11.4 Å². The third-order valence-electron chi connectivity index (χ3n) is 2.13. The second-order valence-electron chi connectivity index (χ2n) is 3.13. The lowest BCUT2D eigenvalue weighted by Gasteiger charge is -1.95. The normalized spacial score (nSPS) is 10.4. The third kappa shape index (κ3) is 1.06. The van der Waals surface area contributed by atoms with Gasteiger partial charge < -0.3 is 4.40 Å². The summed E-state index contributed by atoms with van der Waals surface area (Å²) < 4.78 is 1.84. The predicted molar refractivity (Wildman–Crippen MR) is 54.7 cm³/mol. The average molecular weight is 204 g/mol. The number of aromatic nitrogens is 1. The Morgan fingerprint density at radius 2 is 2.36 bits per heavy atom. The summed E-state index contributed by atoms with van der Waals surface area (Å²) in [7, 11) is 0. The lowest BCUT2D eigenvalue weighted by atomic mass is 10.3. The van der Waals surface area contributed by atoms with Gasteiger partial charge in [0.15, 0.2) is 5.78 Å². The molecule has 0 unspecified atom stereocenters. The summed E-state index contributed by atoms with van der Waals surface area (Å²) in [5.74, 6) is -0.0111. The molecular formula is C10H8N2OS. The summed E-state index contributed by atoms with van der Waals surface area (Å²) in [5.41, 5.74) is 2.17. The van der Waals surface area contributed by atoms with Gasteiger partial charge in [0.1, 0.15) is 10.9 Å². The standard InChI is InChI=1S/C10H8N2OS/c1-6-5-14-10-8(4-11)3-9(7(2)13)12(6)10/h3,5H,1-2H3. The number of thiazole rings is 1. The summed E-state index contributed by atoms with van der Waals surface area (Å²) in [6, 6.07) is 3.75. The van der Waals surface area contributed by atoms with Gasteiger partial charge in [-0.25, -0.2) is 0 Å². The van der Waals surface area contributed by atoms with Crippen molar-refractivity contribution in [2.45, 2.75) is 13.8 Å². The minimum Gasteiger partial charge on any atom is -0.301 e. The van der Waals surface area contributed by atoms with E-state index in [2.05, 4.69) is 6.07 Å². The third-order valence-corrected chi connectivity index (χ3v) is 3.22. The molecule has 0 N–H and O–H groups in total. The molecule has 4 heteroatoms. The first kappa shape index (κ1) is 8.97. The molecule has 0 aliphatic rings. The van der Waals surface area contributed by atoms with Gasteiger partial charge in [0, 0.05) is 18.0 Å². The number of aryl methyl sites for hydroxylation is 1. The number of carbonyl (C=O) groups excluding carboxylic acids is 1. The van der Waals surface area contributed by atoms with Crippen molar-refractivity contribution in [2.24, 2.45) is 0 Å². The van der Waals surface area contributed by atoms with Gasteiger partial charge in [-0.3, -0.25) is 4.79 Å². The van der Waals surface area contributed by atoms with Crippen molar-refractivity contribution in [1.82, 2.24) is 4.40 Å². The maximum absolute atomic E-state index is 11.3. The maximum atomic E-state index is 11.3. The van der Waals surface area contributed by atoms with E-state index in [9.17, 15) is 4.79 Å². The Morgan fingerprint density at radius 3 is 2.93 bits per heavy atom. The Hall–Kier alpha value is -1.60. The van der Waals surface area contributed by atoms with E-state index in [0.717, 1.165) is 10.5 Å². The molecule has 0 spiro atoms. The van der Waals surface area contributed by atoms with E-state index in [1.165, 1.54) is 18.3 Å². The lowest BCUT2D eigenvalue weighted by molar-refractivity contribution is 0.101. The number of hydrogen-bond acceptors (Lipinski definition) is 3. The van der Waals surface area contributed by atoms with Crippen molar-refractivity contribution in [3.63, 3.8) is 0 Å². The Bertz CT molecular complexity index is 556. The van der Waals surface area contributed by atoms with Crippen LogP contribution in [-0.4, -0.2) is 10.2 Å². The van der Waals surface area contributed by atoms with Crippen LogP contribution >= 0.6 is 11.3 Å². The molecule has 0 atom stereocenters. The SMILES string of the molecule is CC(=O)c1cc(C#N)c2scc(C)n12. The topological polar surface area (TPSA) is 45.3 Å². The fourth-order valence-electron chi connectivity index (χ4n) is 1.49. The molecule has 0 fully saturated rings. The van der Waals surface area contributed by atoms with Crippen molar-refractivity contribution in [2.75, 3.05) is 0 Å². The molecule has 0 radical (unpaired) electrons. The van der Waals surface area contributed by atoms with Crippen LogP contribution in [0.5, 0.6) is 0 Å². The molecule has 14 heavy (non-hydrogen) atoms. The van der Waals surface area contributed by atoms with Crippen molar-refractivity contribution in [3.05, 3.63) is 28.4 Å². The van der Waals surface area contributed by atoms with Gasteiger partial charge in [-0.05, 0) is 13.0 Å². The molecule has 0 saturated heterocycles. The molecular weight excluding hydrogens is 196 g/mol. The highest BCUT2D eigenvalue weighted by molar-refractivity contribution is 7.16. The molecule has 0 aliphatic carbocycles. The number of hydrogen-bond donors (Lipinski definition) is 0. The molecule has 0 saturated carbocycles. The molecule has 0 bridgehead atoms. The van der Waals surface area contributed by atoms with Crippen molar-refractivity contribution < 1.29 is 4.79 Å². The molecule has 70 valence electrons. The number of carbonyl (C=O) groups is 1. The van der Waals surface area contributed by atoms with E-state index in [1.807, 2.05) is 16.7 Å². The first-order chi connectivity index (χ1) is 6.65. The molecule has 2 rings (SSSR count). The van der Waals surface area contributed by atoms with Gasteiger partial charge in [-0.2, -0.15) is 5.26 Å². The summed E-state index contributed by atoms with van der Waals surface area (Å²) in [5, 5.41) is 10.8. The van der Waals surface area contributed by atoms with Crippen LogP contribution in [0.4, 0.5) is 0 Å². The zero-order chi connectivity index (χ0) is 10.3. The summed E-state index contributed by atoms with van der Waals surface area (Å²) in [6.07, 6.45) is 0. The van der Waals surface area contributed by atoms with Crippen LogP contribution in [0.3, 0.4) is 0 Å². The van der Waals surface area contributed by atoms with Crippen molar-refractivity contribution >= 4 is 22.0 Å². The molecule has 0 aliphatic heterocycles. The van der Waals surface area contributed by atoms with Crippen molar-refractivity contribution in [1.29, 1.82) is 5.26 Å². The molecule has 2 aromatic rings. The average Bonchev–Trinajstić information content (AvgIpc) is 2.66. The van der Waals surface area contributed by atoms with Gasteiger partial charge in [-0.1, -0.05) is 0 Å². The van der Waals surface area contributed by atoms with E-state index in [-0.39, 0.29) is 5.78 Å². The van der Waals surface area contributed by atoms with Gasteiger partial charge in [0.05, 0.1) is 11.3 Å². The van der Waals surface area contributed by atoms with Crippen LogP contribution < -0.4 is 0 Å². The molecule has 3 nitrogen and oxygen atoms in total. The zero-order valence-electron chi connectivity index (χ0n) is 7.87. The lowest BCUT2D eigenvalue weighted by Crippen LogP contribution is -1.98. The minimum absolute atomic E-state index is 0.0111. The highest BCUT2D eigenvalue weighted by Crippen LogP contribution is 2.24. The van der Waals surface area contributed by atoms with Crippen LogP contribution in [0, 0.1) is 18.3 Å². The van der Waals surface area contributed by atoms with Crippen LogP contribution in [0.1, 0.15) is 28.7 Å². The number of nitriles is 1. The number of rotatable bonds is 1. The van der Waals surface area contributed by atoms with E-state index in [0.29, 0.717) is 11.3 Å². The van der Waals surface area contributed by atoms with E-state index >= 15 is 0 Å². The van der Waals surface area contributed by atoms with Gasteiger partial charge in [0.25, 0.3) is 0 Å². The second-order valence-corrected chi connectivity index (χ2v) is 3.99. The smallest absolute Gasteiger partial charge is 0.176 e. The fraction of sp³-hybridized carbons (Fsp3) is 0.200. The number of ketones is 1. The largest absolute Gasteiger partial charge is 0.301 e. The van der Waals surface area contributed by atoms with Crippen LogP contribution in [0.25, 0.3) is 4.83 Å². The predicted octanol–water partition coefficient (Wildman–Crippen LogP) is 2.38. The summed E-state index contributed by atoms with van der Waals surface area (Å²) in [4.78, 5) is 12.2. The molecule has 2 heterocycles.